The minimum absolute atomic E-state index is 0.256. The Labute approximate surface area is 485 Å². The Bertz CT molecular complexity index is 1620. The zero-order valence-corrected chi connectivity index (χ0v) is 50.1. The molecule has 2 aliphatic rings. The van der Waals surface area contributed by atoms with Crippen molar-refractivity contribution in [1.82, 2.24) is 5.32 Å². The molecule has 2 heterocycles. The molecule has 0 aliphatic carbocycles. The molecule has 9 N–H and O–H groups in total. The van der Waals surface area contributed by atoms with E-state index in [4.69, 9.17) is 18.9 Å². The summed E-state index contributed by atoms with van der Waals surface area (Å²) < 4.78 is 22.7. The fraction of sp³-hybridized carbons (Fsp3) is 0.803. The van der Waals surface area contributed by atoms with Crippen molar-refractivity contribution in [3.8, 4) is 0 Å². The van der Waals surface area contributed by atoms with Gasteiger partial charge in [-0.25, -0.2) is 0 Å². The van der Waals surface area contributed by atoms with Crippen LogP contribution in [0.3, 0.4) is 0 Å². The van der Waals surface area contributed by atoms with E-state index in [1.807, 2.05) is 19.1 Å². The van der Waals surface area contributed by atoms with E-state index in [1.165, 1.54) is 161 Å². The smallest absolute Gasteiger partial charge is 0.220 e. The predicted molar refractivity (Wildman–Crippen MR) is 323 cm³/mol. The highest BCUT2D eigenvalue weighted by Gasteiger charge is 2.51. The van der Waals surface area contributed by atoms with Crippen molar-refractivity contribution in [2.24, 2.45) is 0 Å². The van der Waals surface area contributed by atoms with Crippen LogP contribution in [0, 0.1) is 0 Å². The molecule has 80 heavy (non-hydrogen) atoms. The second-order valence-corrected chi connectivity index (χ2v) is 22.5. The van der Waals surface area contributed by atoms with Crippen LogP contribution in [0.1, 0.15) is 245 Å². The van der Waals surface area contributed by atoms with Crippen molar-refractivity contribution in [1.29, 1.82) is 0 Å². The van der Waals surface area contributed by atoms with Crippen molar-refractivity contribution in [2.45, 2.75) is 319 Å². The van der Waals surface area contributed by atoms with Crippen LogP contribution in [-0.4, -0.2) is 140 Å². The van der Waals surface area contributed by atoms with Crippen LogP contribution in [0.5, 0.6) is 0 Å². The third-order valence-corrected chi connectivity index (χ3v) is 15.4. The second-order valence-electron chi connectivity index (χ2n) is 22.5. The number of nitrogens with one attached hydrogen (secondary N) is 1. The molecular weight excluding hydrogens is 1010 g/mol. The Hall–Kier alpha value is -2.57. The summed E-state index contributed by atoms with van der Waals surface area (Å²) in [6.07, 6.45) is 51.7. The number of hydrogen-bond donors (Lipinski definition) is 9. The number of carbonyl (C=O) groups excluding carboxylic acids is 1. The lowest BCUT2D eigenvalue weighted by molar-refractivity contribution is -0.359. The van der Waals surface area contributed by atoms with Crippen LogP contribution < -0.4 is 5.32 Å². The van der Waals surface area contributed by atoms with Gasteiger partial charge in [0.2, 0.25) is 5.91 Å². The zero-order chi connectivity index (χ0) is 58.1. The van der Waals surface area contributed by atoms with Gasteiger partial charge in [-0.2, -0.15) is 0 Å². The summed E-state index contributed by atoms with van der Waals surface area (Å²) in [6.45, 7) is 2.52. The van der Waals surface area contributed by atoms with Crippen molar-refractivity contribution >= 4 is 5.91 Å². The van der Waals surface area contributed by atoms with Gasteiger partial charge >= 0.3 is 0 Å². The third kappa shape index (κ3) is 35.5. The largest absolute Gasteiger partial charge is 0.394 e. The molecule has 14 heteroatoms. The van der Waals surface area contributed by atoms with Crippen LogP contribution in [0.15, 0.2) is 72.9 Å². The van der Waals surface area contributed by atoms with E-state index in [0.717, 1.165) is 51.4 Å². The van der Waals surface area contributed by atoms with Gasteiger partial charge in [0.05, 0.1) is 32.0 Å². The molecule has 2 rings (SSSR count). The van der Waals surface area contributed by atoms with Gasteiger partial charge in [0.1, 0.15) is 48.8 Å². The van der Waals surface area contributed by atoms with Crippen LogP contribution >= 0.6 is 0 Å². The first-order valence-electron chi connectivity index (χ1n) is 32.1. The van der Waals surface area contributed by atoms with Gasteiger partial charge in [0.25, 0.3) is 0 Å². The summed E-state index contributed by atoms with van der Waals surface area (Å²) in [7, 11) is 0. The molecule has 0 aromatic heterocycles. The van der Waals surface area contributed by atoms with Gasteiger partial charge in [-0.15, -0.1) is 0 Å². The molecule has 2 saturated heterocycles. The van der Waals surface area contributed by atoms with E-state index < -0.39 is 86.8 Å². The first-order valence-corrected chi connectivity index (χ1v) is 32.1. The van der Waals surface area contributed by atoms with E-state index in [1.54, 1.807) is 6.08 Å². The van der Waals surface area contributed by atoms with Crippen molar-refractivity contribution in [3.63, 3.8) is 0 Å². The molecule has 0 spiro atoms. The molecule has 2 aliphatic heterocycles. The van der Waals surface area contributed by atoms with Crippen molar-refractivity contribution in [3.05, 3.63) is 72.9 Å². The van der Waals surface area contributed by atoms with Crippen LogP contribution in [0.2, 0.25) is 0 Å². The van der Waals surface area contributed by atoms with E-state index in [9.17, 15) is 45.6 Å². The standard InChI is InChI=1S/C66H117NO13/c1-3-5-7-9-11-13-14-15-16-17-18-19-20-21-22-23-24-25-26-27-28-29-30-31-32-33-34-35-36-37-38-39-40-42-44-46-48-50-58(71)67-54(55(70)49-47-45-43-41-12-10-8-6-4-2)53-77-65-63(76)61(74)64(57(52-69)79-65)80-66-62(75)60(73)59(72)56(51-68)78-66/h4,6,12,14-15,17-18,20-21,41,47,49,54-57,59-66,68-70,72-76H,3,5,7-11,13,16,19,22-40,42-46,48,50-53H2,1-2H3,(H,67,71)/b6-4+,15-14-,18-17-,21-20-,41-12+,49-47+. The van der Waals surface area contributed by atoms with Crippen molar-refractivity contribution < 1.29 is 64.6 Å². The Kier molecular flexibility index (Phi) is 46.8. The molecule has 0 aromatic rings. The number of amides is 1. The summed E-state index contributed by atoms with van der Waals surface area (Å²) in [4.78, 5) is 13.2. The molecule has 1 amide bonds. The molecule has 12 atom stereocenters. The van der Waals surface area contributed by atoms with Gasteiger partial charge in [0, 0.05) is 6.42 Å². The number of ether oxygens (including phenoxy) is 4. The van der Waals surface area contributed by atoms with Gasteiger partial charge in [-0.3, -0.25) is 4.79 Å². The Morgan fingerprint density at radius 1 is 0.475 bits per heavy atom. The maximum Gasteiger partial charge on any atom is 0.220 e. The summed E-state index contributed by atoms with van der Waals surface area (Å²) >= 11 is 0. The number of unbranched alkanes of at least 4 members (excludes halogenated alkanes) is 29. The highest BCUT2D eigenvalue weighted by atomic mass is 16.7. The maximum absolute atomic E-state index is 13.2. The second kappa shape index (κ2) is 50.9. The molecule has 14 nitrogen and oxygen atoms in total. The Morgan fingerprint density at radius 3 is 1.38 bits per heavy atom. The molecule has 0 saturated carbocycles. The van der Waals surface area contributed by atoms with E-state index >= 15 is 0 Å². The first kappa shape index (κ1) is 73.5. The average Bonchev–Trinajstić information content (AvgIpc) is 3.49. The molecule has 0 bridgehead atoms. The Balaban J connectivity index is 1.55. The van der Waals surface area contributed by atoms with Crippen LogP contribution in [0.25, 0.3) is 0 Å². The molecule has 12 unspecified atom stereocenters. The number of aliphatic hydroxyl groups is 8. The SMILES string of the molecule is C/C=C/CC/C=C/CC/C=C/C(O)C(COC1OC(CO)C(OC2OC(CO)C(O)C(O)C2O)C(O)C1O)NC(=O)CCCCCCCCCCCCCCCCCCCCCCCC/C=C\C/C=C\C/C=C\CCCCCCC. The number of hydrogen-bond acceptors (Lipinski definition) is 13. The normalized spacial score (nSPS) is 24.7. The monoisotopic (exact) mass is 1130 g/mol. The van der Waals surface area contributed by atoms with Crippen LogP contribution in [0.4, 0.5) is 0 Å². The predicted octanol–water partition coefficient (Wildman–Crippen LogP) is 11.9. The summed E-state index contributed by atoms with van der Waals surface area (Å²) in [5, 5.41) is 86.8. The van der Waals surface area contributed by atoms with E-state index in [-0.39, 0.29) is 18.9 Å². The number of rotatable bonds is 51. The molecule has 464 valence electrons. The van der Waals surface area contributed by atoms with E-state index in [2.05, 4.69) is 66.9 Å². The van der Waals surface area contributed by atoms with Gasteiger partial charge in [-0.1, -0.05) is 234 Å². The van der Waals surface area contributed by atoms with Gasteiger partial charge in [0.15, 0.2) is 12.6 Å². The topological polar surface area (TPSA) is 228 Å². The lowest BCUT2D eigenvalue weighted by Gasteiger charge is -2.46. The summed E-state index contributed by atoms with van der Waals surface area (Å²) in [6, 6.07) is -0.937. The highest BCUT2D eigenvalue weighted by Crippen LogP contribution is 2.30. The van der Waals surface area contributed by atoms with Gasteiger partial charge in [-0.05, 0) is 77.6 Å². The Morgan fingerprint density at radius 2 is 0.887 bits per heavy atom. The summed E-state index contributed by atoms with van der Waals surface area (Å²) in [5.74, 6) is -0.256. The lowest BCUT2D eigenvalue weighted by atomic mass is 9.97. The fourth-order valence-electron chi connectivity index (χ4n) is 10.3. The molecule has 2 fully saturated rings. The number of allylic oxidation sites excluding steroid dienone is 11. The quantitative estimate of drug-likeness (QED) is 0.0204. The molecule has 0 aromatic carbocycles. The minimum Gasteiger partial charge on any atom is -0.394 e. The van der Waals surface area contributed by atoms with E-state index in [0.29, 0.717) is 12.8 Å². The average molecular weight is 1130 g/mol. The number of aliphatic hydroxyl groups excluding tert-OH is 8. The zero-order valence-electron chi connectivity index (χ0n) is 50.1. The van der Waals surface area contributed by atoms with Gasteiger partial charge < -0.3 is 65.1 Å². The highest BCUT2D eigenvalue weighted by molar-refractivity contribution is 5.76. The first-order chi connectivity index (χ1) is 39.1. The minimum atomic E-state index is -1.79. The molecule has 0 radical (unpaired) electrons. The van der Waals surface area contributed by atoms with Crippen molar-refractivity contribution in [2.75, 3.05) is 19.8 Å². The lowest BCUT2D eigenvalue weighted by Crippen LogP contribution is -2.65. The third-order valence-electron chi connectivity index (χ3n) is 15.4. The van der Waals surface area contributed by atoms with Crippen LogP contribution in [-0.2, 0) is 23.7 Å². The fourth-order valence-corrected chi connectivity index (χ4v) is 10.3. The maximum atomic E-state index is 13.2. The molecular formula is C66H117NO13. The number of carbonyl (C=O) groups is 1. The summed E-state index contributed by atoms with van der Waals surface area (Å²) in [5.41, 5.74) is 0.